The average Bonchev–Trinajstić information content (AvgIpc) is 1.82. The zero-order valence-corrected chi connectivity index (χ0v) is 6.81. The van der Waals surface area contributed by atoms with Gasteiger partial charge in [0.05, 0.1) is 0 Å². The number of carbonyl (C=O) groups excluding carboxylic acids is 1. The van der Waals surface area contributed by atoms with Crippen molar-refractivity contribution in [1.82, 2.24) is 5.32 Å². The average molecular weight is 179 g/mol. The summed E-state index contributed by atoms with van der Waals surface area (Å²) in [5.41, 5.74) is 0. The highest BCUT2D eigenvalue weighted by atomic mass is 32.2. The summed E-state index contributed by atoms with van der Waals surface area (Å²) in [6.45, 7) is -0.421. The van der Waals surface area contributed by atoms with E-state index in [0.29, 0.717) is 0 Å². The van der Waals surface area contributed by atoms with Gasteiger partial charge in [-0.25, -0.2) is 0 Å². The van der Waals surface area contributed by atoms with Gasteiger partial charge in [0, 0.05) is 17.1 Å². The third-order valence-corrected chi connectivity index (χ3v) is 1.44. The molecule has 64 valence electrons. The predicted molar refractivity (Wildman–Crippen MR) is 39.6 cm³/mol. The Morgan fingerprint density at radius 1 is 1.55 bits per heavy atom. The Kier molecular flexibility index (Phi) is 4.44. The maximum absolute atomic E-state index is 10.6. The second kappa shape index (κ2) is 4.84. The number of rotatable bonds is 4. The number of amides is 1. The van der Waals surface area contributed by atoms with E-state index < -0.39 is 29.2 Å². The molecular weight excluding hydrogens is 170 g/mol. The maximum Gasteiger partial charge on any atom is 0.322 e. The minimum Gasteiger partial charge on any atom is -0.480 e. The third kappa shape index (κ3) is 6.98. The van der Waals surface area contributed by atoms with Crippen molar-refractivity contribution in [2.24, 2.45) is 0 Å². The second-order valence-electron chi connectivity index (χ2n) is 1.89. The zero-order chi connectivity index (χ0) is 8.85. The molecule has 0 aromatic rings. The molecule has 0 aliphatic carbocycles. The van der Waals surface area contributed by atoms with E-state index in [1.54, 1.807) is 0 Å². The van der Waals surface area contributed by atoms with Gasteiger partial charge >= 0.3 is 5.97 Å². The van der Waals surface area contributed by atoms with Crippen molar-refractivity contribution in [2.45, 2.75) is 0 Å². The zero-order valence-electron chi connectivity index (χ0n) is 5.99. The summed E-state index contributed by atoms with van der Waals surface area (Å²) in [6, 6.07) is 0. The number of hydrogen-bond donors (Lipinski definition) is 2. The van der Waals surface area contributed by atoms with E-state index in [1.807, 2.05) is 0 Å². The second-order valence-corrected chi connectivity index (χ2v) is 3.32. The van der Waals surface area contributed by atoms with Crippen LogP contribution in [0.1, 0.15) is 0 Å². The first kappa shape index (κ1) is 10.1. The van der Waals surface area contributed by atoms with Crippen molar-refractivity contribution in [3.8, 4) is 0 Å². The predicted octanol–water partition coefficient (Wildman–Crippen LogP) is -1.43. The van der Waals surface area contributed by atoms with Crippen LogP contribution < -0.4 is 5.32 Å². The Morgan fingerprint density at radius 2 is 2.09 bits per heavy atom. The molecule has 0 bridgehead atoms. The highest BCUT2D eigenvalue weighted by Gasteiger charge is 2.04. The molecule has 0 spiro atoms. The largest absolute Gasteiger partial charge is 0.480 e. The van der Waals surface area contributed by atoms with Crippen LogP contribution in [0, 0.1) is 0 Å². The van der Waals surface area contributed by atoms with E-state index in [4.69, 9.17) is 5.11 Å². The van der Waals surface area contributed by atoms with Crippen molar-refractivity contribution >= 4 is 22.7 Å². The van der Waals surface area contributed by atoms with Crippen LogP contribution in [0.5, 0.6) is 0 Å². The smallest absolute Gasteiger partial charge is 0.322 e. The van der Waals surface area contributed by atoms with Crippen LogP contribution in [-0.4, -0.2) is 39.7 Å². The molecule has 2 N–H and O–H groups in total. The van der Waals surface area contributed by atoms with Gasteiger partial charge in [-0.3, -0.25) is 13.8 Å². The van der Waals surface area contributed by atoms with E-state index in [0.717, 1.165) is 0 Å². The number of carboxylic acids is 1. The van der Waals surface area contributed by atoms with E-state index in [1.165, 1.54) is 6.26 Å². The molecule has 1 unspecified atom stereocenters. The standard InChI is InChI=1S/C5H9NO4S/c1-11(10)3-4(7)6-2-5(8)9/h2-3H2,1H3,(H,6,7)(H,8,9). The highest BCUT2D eigenvalue weighted by Crippen LogP contribution is 1.74. The lowest BCUT2D eigenvalue weighted by atomic mass is 10.6. The molecule has 1 amide bonds. The SMILES string of the molecule is CS(=O)CC(=O)NCC(=O)O. The molecule has 0 fully saturated rings. The van der Waals surface area contributed by atoms with Gasteiger partial charge in [0.2, 0.25) is 5.91 Å². The first-order valence-corrected chi connectivity index (χ1v) is 4.53. The molecule has 5 nitrogen and oxygen atoms in total. The Balaban J connectivity index is 3.53. The fourth-order valence-corrected chi connectivity index (χ4v) is 0.881. The lowest BCUT2D eigenvalue weighted by Gasteiger charge is -1.98. The Labute approximate surface area is 66.2 Å². The van der Waals surface area contributed by atoms with Crippen LogP contribution in [0.4, 0.5) is 0 Å². The van der Waals surface area contributed by atoms with Crippen molar-refractivity contribution < 1.29 is 18.9 Å². The van der Waals surface area contributed by atoms with Crippen LogP contribution >= 0.6 is 0 Å². The first-order chi connectivity index (χ1) is 5.02. The van der Waals surface area contributed by atoms with Crippen LogP contribution in [0.15, 0.2) is 0 Å². The molecule has 0 radical (unpaired) electrons. The van der Waals surface area contributed by atoms with E-state index >= 15 is 0 Å². The fraction of sp³-hybridized carbons (Fsp3) is 0.600. The molecule has 0 rings (SSSR count). The van der Waals surface area contributed by atoms with Crippen molar-refractivity contribution in [3.05, 3.63) is 0 Å². The normalized spacial score (nSPS) is 12.1. The summed E-state index contributed by atoms with van der Waals surface area (Å²) in [5, 5.41) is 10.2. The van der Waals surface area contributed by atoms with Gasteiger partial charge in [0.15, 0.2) is 0 Å². The lowest BCUT2D eigenvalue weighted by Crippen LogP contribution is -2.32. The molecule has 0 aromatic heterocycles. The molecule has 0 saturated carbocycles. The Morgan fingerprint density at radius 3 is 2.45 bits per heavy atom. The molecule has 0 saturated heterocycles. The molecule has 11 heavy (non-hydrogen) atoms. The number of aliphatic carboxylic acids is 1. The van der Waals surface area contributed by atoms with Crippen LogP contribution in [-0.2, 0) is 20.4 Å². The summed E-state index contributed by atoms with van der Waals surface area (Å²) < 4.78 is 10.4. The summed E-state index contributed by atoms with van der Waals surface area (Å²) in [6.07, 6.45) is 1.38. The van der Waals surface area contributed by atoms with Crippen LogP contribution in [0.25, 0.3) is 0 Å². The monoisotopic (exact) mass is 179 g/mol. The van der Waals surface area contributed by atoms with Crippen molar-refractivity contribution in [1.29, 1.82) is 0 Å². The van der Waals surface area contributed by atoms with Gasteiger partial charge in [-0.15, -0.1) is 0 Å². The fourth-order valence-electron chi connectivity index (χ4n) is 0.410. The lowest BCUT2D eigenvalue weighted by molar-refractivity contribution is -0.137. The Hall–Kier alpha value is -0.910. The Bertz CT molecular complexity index is 191. The summed E-state index contributed by atoms with van der Waals surface area (Å²) >= 11 is 0. The van der Waals surface area contributed by atoms with Crippen LogP contribution in [0.3, 0.4) is 0 Å². The summed E-state index contributed by atoms with van der Waals surface area (Å²) in [4.78, 5) is 20.5. The highest BCUT2D eigenvalue weighted by molar-refractivity contribution is 7.85. The molecule has 0 aromatic carbocycles. The number of hydrogen-bond acceptors (Lipinski definition) is 3. The van der Waals surface area contributed by atoms with Crippen LogP contribution in [0.2, 0.25) is 0 Å². The maximum atomic E-state index is 10.6. The van der Waals surface area contributed by atoms with E-state index in [9.17, 15) is 13.8 Å². The molecule has 0 aliphatic heterocycles. The van der Waals surface area contributed by atoms with Gasteiger partial charge < -0.3 is 10.4 Å². The molecule has 1 atom stereocenters. The van der Waals surface area contributed by atoms with E-state index in [2.05, 4.69) is 5.32 Å². The van der Waals surface area contributed by atoms with Gasteiger partial charge in [0.1, 0.15) is 12.3 Å². The molecule has 6 heteroatoms. The van der Waals surface area contributed by atoms with Crippen molar-refractivity contribution in [2.75, 3.05) is 18.6 Å². The molecule has 0 aliphatic rings. The third-order valence-electron chi connectivity index (χ3n) is 0.771. The molecular formula is C5H9NO4S. The topological polar surface area (TPSA) is 83.5 Å². The summed E-state index contributed by atoms with van der Waals surface area (Å²) in [5.74, 6) is -1.76. The molecule has 0 heterocycles. The minimum absolute atomic E-state index is 0.146. The quantitative estimate of drug-likeness (QED) is 0.554. The van der Waals surface area contributed by atoms with Gasteiger partial charge in [-0.05, 0) is 0 Å². The minimum atomic E-state index is -1.22. The number of carbonyl (C=O) groups is 2. The number of carboxylic acid groups (broad SMARTS) is 1. The van der Waals surface area contributed by atoms with Gasteiger partial charge in [-0.2, -0.15) is 0 Å². The van der Waals surface area contributed by atoms with Crippen molar-refractivity contribution in [3.63, 3.8) is 0 Å². The van der Waals surface area contributed by atoms with Gasteiger partial charge in [0.25, 0.3) is 0 Å². The number of nitrogens with one attached hydrogen (secondary N) is 1. The van der Waals surface area contributed by atoms with Gasteiger partial charge in [-0.1, -0.05) is 0 Å². The van der Waals surface area contributed by atoms with E-state index in [-0.39, 0.29) is 5.75 Å². The summed E-state index contributed by atoms with van der Waals surface area (Å²) in [7, 11) is -1.22. The first-order valence-electron chi connectivity index (χ1n) is 2.81.